The normalized spacial score (nSPS) is 13.3. The molecule has 1 amide bonds. The first-order valence-electron chi connectivity index (χ1n) is 11.7. The Morgan fingerprint density at radius 3 is 2.05 bits per heavy atom. The minimum absolute atomic E-state index is 0. The van der Waals surface area contributed by atoms with Gasteiger partial charge in [0.2, 0.25) is 0 Å². The van der Waals surface area contributed by atoms with Gasteiger partial charge in [-0.1, -0.05) is 37.8 Å². The van der Waals surface area contributed by atoms with Crippen LogP contribution in [0, 0.1) is 21.7 Å². The van der Waals surface area contributed by atoms with Gasteiger partial charge >= 0.3 is 11.2 Å². The molecule has 0 bridgehead atoms. The van der Waals surface area contributed by atoms with E-state index in [4.69, 9.17) is 0 Å². The SMILES string of the molecule is C.O=C(c1ccc(F)cc1)N1CCN(c2c([N+](=O)[O-])c(=O)n(Cc3ccc(F)cc3)c3ccccc23)CC1. The zero-order valence-electron chi connectivity index (χ0n) is 19.6. The number of rotatable bonds is 5. The number of carbonyl (C=O) groups excluding carboxylic acids is 1. The number of anilines is 1. The maximum absolute atomic E-state index is 13.5. The quantitative estimate of drug-likeness (QED) is 0.278. The van der Waals surface area contributed by atoms with Gasteiger partial charge in [-0.3, -0.25) is 24.3 Å². The van der Waals surface area contributed by atoms with Crippen LogP contribution in [0.4, 0.5) is 20.2 Å². The Morgan fingerprint density at radius 1 is 0.868 bits per heavy atom. The van der Waals surface area contributed by atoms with Gasteiger partial charge in [-0.05, 0) is 48.0 Å². The fourth-order valence-corrected chi connectivity index (χ4v) is 4.70. The van der Waals surface area contributed by atoms with Crippen LogP contribution < -0.4 is 10.5 Å². The molecule has 8 nitrogen and oxygen atoms in total. The maximum Gasteiger partial charge on any atom is 0.357 e. The minimum atomic E-state index is -0.757. The van der Waals surface area contributed by atoms with Crippen LogP contribution in [0.3, 0.4) is 0 Å². The van der Waals surface area contributed by atoms with Crippen molar-refractivity contribution >= 4 is 28.2 Å². The van der Waals surface area contributed by atoms with E-state index in [9.17, 15) is 28.5 Å². The predicted octanol–water partition coefficient (Wildman–Crippen LogP) is 4.83. The van der Waals surface area contributed by atoms with Crippen molar-refractivity contribution in [3.05, 3.63) is 116 Å². The van der Waals surface area contributed by atoms with E-state index in [1.54, 1.807) is 34.1 Å². The first kappa shape index (κ1) is 26.5. The molecule has 1 aliphatic heterocycles. The molecule has 4 aromatic rings. The molecule has 1 fully saturated rings. The van der Waals surface area contributed by atoms with Gasteiger partial charge in [0.1, 0.15) is 17.3 Å². The molecule has 2 heterocycles. The molecule has 0 radical (unpaired) electrons. The molecule has 1 aliphatic rings. The monoisotopic (exact) mass is 520 g/mol. The molecule has 5 rings (SSSR count). The molecule has 0 aliphatic carbocycles. The van der Waals surface area contributed by atoms with Crippen LogP contribution in [-0.4, -0.2) is 46.5 Å². The fourth-order valence-electron chi connectivity index (χ4n) is 4.70. The number of hydrogen-bond acceptors (Lipinski definition) is 5. The highest BCUT2D eigenvalue weighted by Gasteiger charge is 2.32. The lowest BCUT2D eigenvalue weighted by Crippen LogP contribution is -2.49. The van der Waals surface area contributed by atoms with Crippen molar-refractivity contribution in [1.29, 1.82) is 0 Å². The van der Waals surface area contributed by atoms with Crippen molar-refractivity contribution in [3.8, 4) is 0 Å². The van der Waals surface area contributed by atoms with E-state index in [-0.39, 0.29) is 51.7 Å². The molecule has 0 unspecified atom stereocenters. The number of fused-ring (bicyclic) bond motifs is 1. The Labute approximate surface area is 217 Å². The Balaban J connectivity index is 0.00000336. The van der Waals surface area contributed by atoms with E-state index in [1.807, 2.05) is 0 Å². The average Bonchev–Trinajstić information content (AvgIpc) is 2.91. The summed E-state index contributed by atoms with van der Waals surface area (Å²) in [4.78, 5) is 41.2. The first-order valence-corrected chi connectivity index (χ1v) is 11.7. The second-order valence-corrected chi connectivity index (χ2v) is 8.78. The van der Waals surface area contributed by atoms with Gasteiger partial charge in [0.15, 0.2) is 0 Å². The summed E-state index contributed by atoms with van der Waals surface area (Å²) in [6.07, 6.45) is 0. The van der Waals surface area contributed by atoms with Crippen molar-refractivity contribution in [3.63, 3.8) is 0 Å². The van der Waals surface area contributed by atoms with Gasteiger partial charge in [-0.25, -0.2) is 8.78 Å². The number of carbonyl (C=O) groups is 1. The standard InChI is InChI=1S/C27H22F2N4O4.CH4/c28-20-9-5-18(6-10-20)17-32-23-4-2-1-3-22(23)24(25(27(32)35)33(36)37)30-13-15-31(16-14-30)26(34)19-7-11-21(29)12-8-19;/h1-12H,13-17H2;1H4. The predicted molar refractivity (Wildman–Crippen MR) is 142 cm³/mol. The summed E-state index contributed by atoms with van der Waals surface area (Å²) < 4.78 is 27.9. The van der Waals surface area contributed by atoms with Gasteiger partial charge in [0, 0.05) is 37.1 Å². The number of pyridine rings is 1. The molecule has 0 spiro atoms. The lowest BCUT2D eigenvalue weighted by atomic mass is 10.1. The lowest BCUT2D eigenvalue weighted by Gasteiger charge is -2.36. The Bertz CT molecular complexity index is 1540. The molecule has 1 saturated heterocycles. The summed E-state index contributed by atoms with van der Waals surface area (Å²) in [6, 6.07) is 17.9. The van der Waals surface area contributed by atoms with Crippen LogP contribution >= 0.6 is 0 Å². The summed E-state index contributed by atoms with van der Waals surface area (Å²) in [7, 11) is 0. The maximum atomic E-state index is 13.5. The molecule has 0 N–H and O–H groups in total. The summed E-state index contributed by atoms with van der Waals surface area (Å²) >= 11 is 0. The summed E-state index contributed by atoms with van der Waals surface area (Å²) in [5.41, 5.74) is 0.419. The third-order valence-corrected chi connectivity index (χ3v) is 6.53. The number of aromatic nitrogens is 1. The second kappa shape index (κ2) is 10.8. The second-order valence-electron chi connectivity index (χ2n) is 8.78. The van der Waals surface area contributed by atoms with Crippen molar-refractivity contribution in [1.82, 2.24) is 9.47 Å². The zero-order valence-corrected chi connectivity index (χ0v) is 19.6. The molecule has 1 aromatic heterocycles. The van der Waals surface area contributed by atoms with Crippen LogP contribution in [0.2, 0.25) is 0 Å². The highest BCUT2D eigenvalue weighted by molar-refractivity contribution is 5.97. The third-order valence-electron chi connectivity index (χ3n) is 6.53. The number of hydrogen-bond donors (Lipinski definition) is 0. The number of amides is 1. The zero-order chi connectivity index (χ0) is 26.1. The average molecular weight is 521 g/mol. The number of para-hydroxylation sites is 1. The van der Waals surface area contributed by atoms with Crippen molar-refractivity contribution in [2.45, 2.75) is 14.0 Å². The van der Waals surface area contributed by atoms with E-state index in [1.165, 1.54) is 53.1 Å². The van der Waals surface area contributed by atoms with Crippen LogP contribution in [-0.2, 0) is 6.54 Å². The molecule has 196 valence electrons. The smallest absolute Gasteiger partial charge is 0.357 e. The van der Waals surface area contributed by atoms with Crippen LogP contribution in [0.25, 0.3) is 10.9 Å². The number of halogens is 2. The van der Waals surface area contributed by atoms with E-state index in [0.29, 0.717) is 22.0 Å². The largest absolute Gasteiger partial charge is 0.362 e. The Kier molecular flexibility index (Phi) is 7.52. The van der Waals surface area contributed by atoms with Gasteiger partial charge in [-0.15, -0.1) is 0 Å². The van der Waals surface area contributed by atoms with Gasteiger partial charge in [0.05, 0.1) is 17.0 Å². The van der Waals surface area contributed by atoms with E-state index in [2.05, 4.69) is 0 Å². The molecular formula is C28H26F2N4O4. The Morgan fingerprint density at radius 2 is 1.45 bits per heavy atom. The Hall–Kier alpha value is -4.60. The van der Waals surface area contributed by atoms with E-state index in [0.717, 1.165) is 0 Å². The van der Waals surface area contributed by atoms with Crippen molar-refractivity contribution < 1.29 is 18.5 Å². The summed E-state index contributed by atoms with van der Waals surface area (Å²) in [5.74, 6) is -1.11. The van der Waals surface area contributed by atoms with Crippen LogP contribution in [0.1, 0.15) is 23.3 Å². The van der Waals surface area contributed by atoms with Crippen LogP contribution in [0.15, 0.2) is 77.6 Å². The number of nitro groups is 1. The lowest BCUT2D eigenvalue weighted by molar-refractivity contribution is -0.385. The van der Waals surface area contributed by atoms with E-state index >= 15 is 0 Å². The van der Waals surface area contributed by atoms with Gasteiger partial charge < -0.3 is 9.80 Å². The highest BCUT2D eigenvalue weighted by Crippen LogP contribution is 2.34. The minimum Gasteiger partial charge on any atom is -0.362 e. The molecular weight excluding hydrogens is 494 g/mol. The third kappa shape index (κ3) is 4.97. The topological polar surface area (TPSA) is 88.7 Å². The molecule has 0 saturated carbocycles. The fraction of sp³-hybridized carbons (Fsp3) is 0.214. The first-order chi connectivity index (χ1) is 17.8. The molecule has 3 aromatic carbocycles. The molecule has 0 atom stereocenters. The number of nitrogens with zero attached hydrogens (tertiary/aromatic N) is 4. The highest BCUT2D eigenvalue weighted by atomic mass is 19.1. The van der Waals surface area contributed by atoms with E-state index < -0.39 is 27.8 Å². The van der Waals surface area contributed by atoms with Crippen LogP contribution in [0.5, 0.6) is 0 Å². The van der Waals surface area contributed by atoms with Gasteiger partial charge in [-0.2, -0.15) is 0 Å². The molecule has 10 heteroatoms. The number of piperazine rings is 1. The number of benzene rings is 3. The summed E-state index contributed by atoms with van der Waals surface area (Å²) in [6.45, 7) is 1.15. The molecule has 38 heavy (non-hydrogen) atoms. The van der Waals surface area contributed by atoms with Gasteiger partial charge in [0.25, 0.3) is 5.91 Å². The van der Waals surface area contributed by atoms with Crippen molar-refractivity contribution in [2.24, 2.45) is 0 Å². The van der Waals surface area contributed by atoms with Crippen molar-refractivity contribution in [2.75, 3.05) is 31.1 Å². The summed E-state index contributed by atoms with van der Waals surface area (Å²) in [5, 5.41) is 12.7.